The third-order valence-electron chi connectivity index (χ3n) is 8.07. The fourth-order valence-electron chi connectivity index (χ4n) is 6.72. The Bertz CT molecular complexity index is 1110. The molecule has 7 nitrogen and oxygen atoms in total. The Labute approximate surface area is 183 Å². The summed E-state index contributed by atoms with van der Waals surface area (Å²) in [5, 5.41) is 10.7. The lowest BCUT2D eigenvalue weighted by Crippen LogP contribution is -2.41. The van der Waals surface area contributed by atoms with Gasteiger partial charge in [-0.25, -0.2) is 4.72 Å². The number of aliphatic hydroxyl groups excluding tert-OH is 1. The summed E-state index contributed by atoms with van der Waals surface area (Å²) in [6.45, 7) is 5.57. The summed E-state index contributed by atoms with van der Waals surface area (Å²) in [5.74, 6) is 0.315. The zero-order chi connectivity index (χ0) is 22.2. The number of rotatable bonds is 5. The number of carbonyl (C=O) groups is 1. The van der Waals surface area contributed by atoms with Crippen LogP contribution in [-0.4, -0.2) is 32.1 Å². The van der Waals surface area contributed by atoms with Crippen molar-refractivity contribution in [2.75, 3.05) is 6.61 Å². The van der Waals surface area contributed by atoms with Crippen LogP contribution in [0.15, 0.2) is 17.7 Å². The second-order valence-corrected chi connectivity index (χ2v) is 10.9. The molecule has 2 fully saturated rings. The van der Waals surface area contributed by atoms with Gasteiger partial charge in [-0.3, -0.25) is 4.79 Å². The summed E-state index contributed by atoms with van der Waals surface area (Å²) in [6, 6.07) is 3.64. The van der Waals surface area contributed by atoms with E-state index in [4.69, 9.17) is 8.92 Å². The van der Waals surface area contributed by atoms with E-state index in [1.807, 2.05) is 17.7 Å². The average molecular weight is 448 g/mol. The van der Waals surface area contributed by atoms with Crippen LogP contribution in [0.25, 0.3) is 5.57 Å². The smallest absolute Gasteiger partial charge is 0.409 e. The predicted octanol–water partition coefficient (Wildman–Crippen LogP) is 3.12. The maximum Gasteiger partial charge on any atom is 0.409 e. The molecule has 1 spiro atoms. The van der Waals surface area contributed by atoms with Crippen LogP contribution < -0.4 is 13.6 Å². The molecule has 2 N–H and O–H groups in total. The molecule has 0 saturated heterocycles. The topological polar surface area (TPSA) is 102 Å². The summed E-state index contributed by atoms with van der Waals surface area (Å²) in [4.78, 5) is 11.2. The summed E-state index contributed by atoms with van der Waals surface area (Å²) in [7, 11) is -4.27. The SMILES string of the molecule is CCOc1cc2c(cc1OS(=O)(=O)NC(C)=O)CCC1=C2CC[C@]2(C)[C@@H](O)C[C@@H]3C[C@@]132. The largest absolute Gasteiger partial charge is 0.490 e. The molecule has 0 radical (unpaired) electrons. The van der Waals surface area contributed by atoms with Crippen LogP contribution in [0.5, 0.6) is 11.5 Å². The molecule has 4 atom stereocenters. The van der Waals surface area contributed by atoms with E-state index in [0.29, 0.717) is 18.3 Å². The zero-order valence-electron chi connectivity index (χ0n) is 18.2. The van der Waals surface area contributed by atoms with E-state index < -0.39 is 16.2 Å². The maximum atomic E-state index is 12.2. The van der Waals surface area contributed by atoms with E-state index in [-0.39, 0.29) is 22.7 Å². The zero-order valence-corrected chi connectivity index (χ0v) is 19.0. The highest BCUT2D eigenvalue weighted by molar-refractivity contribution is 7.85. The first-order valence-corrected chi connectivity index (χ1v) is 12.5. The summed E-state index contributed by atoms with van der Waals surface area (Å²) < 4.78 is 37.1. The van der Waals surface area contributed by atoms with Gasteiger partial charge in [0.05, 0.1) is 12.7 Å². The summed E-state index contributed by atoms with van der Waals surface area (Å²) in [6.07, 6.45) is 5.42. The Kier molecular flexibility index (Phi) is 4.51. The van der Waals surface area contributed by atoms with Crippen molar-refractivity contribution in [2.45, 2.75) is 65.4 Å². The number of benzene rings is 1. The lowest BCUT2D eigenvalue weighted by Gasteiger charge is -2.46. The standard InChI is InChI=1S/C23H29NO6S/c1-4-29-19-11-17-14(9-20(19)30-31(27,28)24-13(2)25)5-6-18-16(17)7-8-22(3)21(26)10-15-12-23(15,18)22/h9,11,15,21,26H,4-8,10,12H2,1-3H3,(H,24,25)/t15-,21+,22-,23+/m1/s1. The summed E-state index contributed by atoms with van der Waals surface area (Å²) >= 11 is 0. The van der Waals surface area contributed by atoms with E-state index in [0.717, 1.165) is 50.2 Å². The van der Waals surface area contributed by atoms with Crippen molar-refractivity contribution < 1.29 is 27.2 Å². The molecule has 4 aliphatic rings. The third kappa shape index (κ3) is 2.94. The van der Waals surface area contributed by atoms with Gasteiger partial charge in [0, 0.05) is 17.8 Å². The molecule has 4 aliphatic carbocycles. The first-order valence-electron chi connectivity index (χ1n) is 11.0. The minimum absolute atomic E-state index is 0.0355. The van der Waals surface area contributed by atoms with Crippen LogP contribution in [0.2, 0.25) is 0 Å². The van der Waals surface area contributed by atoms with Crippen molar-refractivity contribution in [1.29, 1.82) is 0 Å². The van der Waals surface area contributed by atoms with Gasteiger partial charge in [-0.1, -0.05) is 12.5 Å². The minimum atomic E-state index is -4.27. The Hall–Kier alpha value is -2.06. The third-order valence-corrected chi connectivity index (χ3v) is 9.01. The van der Waals surface area contributed by atoms with Gasteiger partial charge in [0.15, 0.2) is 11.5 Å². The minimum Gasteiger partial charge on any atom is -0.490 e. The van der Waals surface area contributed by atoms with Gasteiger partial charge >= 0.3 is 10.3 Å². The van der Waals surface area contributed by atoms with Gasteiger partial charge in [-0.05, 0) is 80.2 Å². The number of allylic oxidation sites excluding steroid dienone is 2. The molecule has 5 rings (SSSR count). The fourth-order valence-corrected chi connectivity index (χ4v) is 7.48. The molecule has 0 unspecified atom stereocenters. The highest BCUT2D eigenvalue weighted by Crippen LogP contribution is 2.80. The van der Waals surface area contributed by atoms with E-state index in [2.05, 4.69) is 6.92 Å². The van der Waals surface area contributed by atoms with Crippen LogP contribution in [-0.2, 0) is 21.5 Å². The first-order chi connectivity index (χ1) is 14.6. The van der Waals surface area contributed by atoms with Crippen molar-refractivity contribution in [1.82, 2.24) is 4.72 Å². The van der Waals surface area contributed by atoms with Crippen molar-refractivity contribution in [3.05, 3.63) is 28.8 Å². The summed E-state index contributed by atoms with van der Waals surface area (Å²) in [5.41, 5.74) is 5.08. The monoisotopic (exact) mass is 447 g/mol. The van der Waals surface area contributed by atoms with Crippen LogP contribution in [0.3, 0.4) is 0 Å². The number of hydrogen-bond donors (Lipinski definition) is 2. The van der Waals surface area contributed by atoms with Crippen LogP contribution in [0.1, 0.15) is 64.0 Å². The van der Waals surface area contributed by atoms with Crippen LogP contribution in [0.4, 0.5) is 0 Å². The Morgan fingerprint density at radius 3 is 2.74 bits per heavy atom. The molecule has 1 amide bonds. The van der Waals surface area contributed by atoms with Gasteiger partial charge in [0.1, 0.15) is 0 Å². The molecule has 0 aromatic heterocycles. The number of aliphatic hydroxyl groups is 1. The van der Waals surface area contributed by atoms with Crippen LogP contribution in [0, 0.1) is 16.7 Å². The van der Waals surface area contributed by atoms with E-state index in [1.165, 1.54) is 17.6 Å². The predicted molar refractivity (Wildman–Crippen MR) is 115 cm³/mol. The second-order valence-electron chi connectivity index (χ2n) is 9.58. The molecule has 8 heteroatoms. The van der Waals surface area contributed by atoms with Gasteiger partial charge in [0.2, 0.25) is 5.91 Å². The quantitative estimate of drug-likeness (QED) is 0.719. The normalized spacial score (nSPS) is 33.0. The molecule has 168 valence electrons. The van der Waals surface area contributed by atoms with E-state index >= 15 is 0 Å². The molecule has 1 aromatic carbocycles. The molecule has 31 heavy (non-hydrogen) atoms. The average Bonchev–Trinajstić information content (AvgIpc) is 3.33. The van der Waals surface area contributed by atoms with Crippen molar-refractivity contribution in [3.63, 3.8) is 0 Å². The van der Waals surface area contributed by atoms with E-state index in [9.17, 15) is 18.3 Å². The number of carbonyl (C=O) groups excluding carboxylic acids is 1. The molecule has 1 aromatic rings. The van der Waals surface area contributed by atoms with Crippen molar-refractivity contribution in [2.24, 2.45) is 16.7 Å². The lowest BCUT2D eigenvalue weighted by atomic mass is 9.59. The van der Waals surface area contributed by atoms with Gasteiger partial charge in [0.25, 0.3) is 0 Å². The second kappa shape index (κ2) is 6.72. The highest BCUT2D eigenvalue weighted by atomic mass is 32.2. The molecule has 0 heterocycles. The number of nitrogens with one attached hydrogen (secondary N) is 1. The highest BCUT2D eigenvalue weighted by Gasteiger charge is 2.74. The maximum absolute atomic E-state index is 12.2. The van der Waals surface area contributed by atoms with Gasteiger partial charge in [-0.2, -0.15) is 8.42 Å². The number of amides is 1. The lowest BCUT2D eigenvalue weighted by molar-refractivity contribution is -0.117. The Morgan fingerprint density at radius 1 is 1.26 bits per heavy atom. The fraction of sp³-hybridized carbons (Fsp3) is 0.609. The molecular formula is C23H29NO6S. The van der Waals surface area contributed by atoms with Gasteiger partial charge in [-0.15, -0.1) is 0 Å². The Morgan fingerprint density at radius 2 is 2.03 bits per heavy atom. The number of aryl methyl sites for hydroxylation is 1. The molecular weight excluding hydrogens is 418 g/mol. The van der Waals surface area contributed by atoms with Crippen molar-refractivity contribution in [3.8, 4) is 11.5 Å². The first kappa shape index (κ1) is 20.8. The molecule has 2 saturated carbocycles. The Balaban J connectivity index is 1.57. The van der Waals surface area contributed by atoms with Crippen LogP contribution >= 0.6 is 0 Å². The number of ether oxygens (including phenoxy) is 1. The molecule has 0 bridgehead atoms. The number of fused-ring (bicyclic) bond motifs is 2. The van der Waals surface area contributed by atoms with Crippen molar-refractivity contribution >= 4 is 21.8 Å². The van der Waals surface area contributed by atoms with E-state index in [1.54, 1.807) is 6.07 Å². The number of hydrogen-bond acceptors (Lipinski definition) is 6. The van der Waals surface area contributed by atoms with Gasteiger partial charge < -0.3 is 14.0 Å². The molecule has 0 aliphatic heterocycles.